The van der Waals surface area contributed by atoms with Crippen molar-refractivity contribution in [3.05, 3.63) is 63.6 Å². The minimum absolute atomic E-state index is 0.0639. The van der Waals surface area contributed by atoms with Gasteiger partial charge in [-0.15, -0.1) is 0 Å². The molecule has 0 saturated carbocycles. The van der Waals surface area contributed by atoms with E-state index in [1.165, 1.54) is 0 Å². The van der Waals surface area contributed by atoms with Crippen molar-refractivity contribution in [2.45, 2.75) is 6.42 Å². The Morgan fingerprint density at radius 2 is 1.66 bits per heavy atom. The van der Waals surface area contributed by atoms with Gasteiger partial charge in [0.05, 0.1) is 24.2 Å². The van der Waals surface area contributed by atoms with Gasteiger partial charge in [-0.1, -0.05) is 35.3 Å². The number of benzene rings is 2. The van der Waals surface area contributed by atoms with Gasteiger partial charge in [0.1, 0.15) is 6.07 Å². The van der Waals surface area contributed by atoms with Crippen molar-refractivity contribution in [1.29, 1.82) is 5.26 Å². The highest BCUT2D eigenvalue weighted by Gasteiger charge is 2.22. The molecule has 2 aromatic rings. The summed E-state index contributed by atoms with van der Waals surface area (Å²) in [6.07, 6.45) is 0.337. The van der Waals surface area contributed by atoms with Crippen molar-refractivity contribution in [1.82, 2.24) is 9.80 Å². The fourth-order valence-electron chi connectivity index (χ4n) is 3.15. The minimum Gasteiger partial charge on any atom is -0.340 e. The van der Waals surface area contributed by atoms with Crippen LogP contribution >= 0.6 is 23.2 Å². The van der Waals surface area contributed by atoms with Crippen LogP contribution in [0.4, 0.5) is 5.69 Å². The quantitative estimate of drug-likeness (QED) is 0.789. The molecule has 0 unspecified atom stereocenters. The number of carbonyl (C=O) groups excluding carboxylic acids is 2. The van der Waals surface area contributed by atoms with Crippen LogP contribution in [0.2, 0.25) is 10.0 Å². The molecule has 1 aliphatic rings. The molecule has 2 aromatic carbocycles. The largest absolute Gasteiger partial charge is 0.340 e. The number of hydrogen-bond acceptors (Lipinski definition) is 4. The predicted molar refractivity (Wildman–Crippen MR) is 113 cm³/mol. The van der Waals surface area contributed by atoms with Crippen LogP contribution in [0.25, 0.3) is 0 Å². The lowest BCUT2D eigenvalue weighted by Gasteiger charge is -2.34. The van der Waals surface area contributed by atoms with Gasteiger partial charge in [0.25, 0.3) is 0 Å². The van der Waals surface area contributed by atoms with E-state index < -0.39 is 0 Å². The number of hydrogen-bond donors (Lipinski definition) is 1. The van der Waals surface area contributed by atoms with E-state index in [0.29, 0.717) is 53.9 Å². The maximum Gasteiger partial charge on any atom is 0.238 e. The van der Waals surface area contributed by atoms with Crippen LogP contribution in [-0.4, -0.2) is 54.3 Å². The number of carbonyl (C=O) groups is 2. The lowest BCUT2D eigenvalue weighted by molar-refractivity contribution is -0.132. The molecule has 6 nitrogen and oxygen atoms in total. The Bertz CT molecular complexity index is 933. The second kappa shape index (κ2) is 9.75. The lowest BCUT2D eigenvalue weighted by atomic mass is 10.1. The van der Waals surface area contributed by atoms with Gasteiger partial charge >= 0.3 is 0 Å². The highest BCUT2D eigenvalue weighted by Crippen LogP contribution is 2.20. The van der Waals surface area contributed by atoms with Crippen molar-refractivity contribution in [3.8, 4) is 6.07 Å². The predicted octanol–water partition coefficient (Wildman–Crippen LogP) is 3.19. The summed E-state index contributed by atoms with van der Waals surface area (Å²) in [5.41, 5.74) is 1.69. The summed E-state index contributed by atoms with van der Waals surface area (Å²) in [5, 5.41) is 13.0. The number of amides is 2. The van der Waals surface area contributed by atoms with Gasteiger partial charge in [0.15, 0.2) is 0 Å². The summed E-state index contributed by atoms with van der Waals surface area (Å²) >= 11 is 11.8. The van der Waals surface area contributed by atoms with E-state index >= 15 is 0 Å². The Hall–Kier alpha value is -2.59. The summed E-state index contributed by atoms with van der Waals surface area (Å²) in [6.45, 7) is 2.55. The molecule has 2 amide bonds. The third-order valence-electron chi connectivity index (χ3n) is 4.74. The van der Waals surface area contributed by atoms with Crippen LogP contribution in [-0.2, 0) is 16.0 Å². The maximum atomic E-state index is 12.5. The monoisotopic (exact) mass is 430 g/mol. The highest BCUT2D eigenvalue weighted by molar-refractivity contribution is 6.31. The zero-order valence-corrected chi connectivity index (χ0v) is 17.2. The zero-order valence-electron chi connectivity index (χ0n) is 15.7. The first kappa shape index (κ1) is 21.1. The normalized spacial score (nSPS) is 14.3. The van der Waals surface area contributed by atoms with Gasteiger partial charge in [-0.2, -0.15) is 5.26 Å². The van der Waals surface area contributed by atoms with E-state index in [1.807, 2.05) is 28.0 Å². The highest BCUT2D eigenvalue weighted by atomic mass is 35.5. The van der Waals surface area contributed by atoms with E-state index in [1.54, 1.807) is 30.3 Å². The maximum absolute atomic E-state index is 12.5. The third kappa shape index (κ3) is 5.94. The Labute approximate surface area is 179 Å². The van der Waals surface area contributed by atoms with Crippen LogP contribution in [0.3, 0.4) is 0 Å². The first-order chi connectivity index (χ1) is 13.9. The van der Waals surface area contributed by atoms with Gasteiger partial charge in [0.2, 0.25) is 11.8 Å². The molecule has 1 N–H and O–H groups in total. The van der Waals surface area contributed by atoms with Crippen molar-refractivity contribution in [2.75, 3.05) is 38.0 Å². The van der Waals surface area contributed by atoms with Gasteiger partial charge in [-0.05, 0) is 35.9 Å². The average Bonchev–Trinajstić information content (AvgIpc) is 2.70. The molecule has 0 radical (unpaired) electrons. The lowest BCUT2D eigenvalue weighted by Crippen LogP contribution is -2.50. The topological polar surface area (TPSA) is 76.4 Å². The summed E-state index contributed by atoms with van der Waals surface area (Å²) in [7, 11) is 0. The molecule has 8 heteroatoms. The smallest absolute Gasteiger partial charge is 0.238 e. The molecule has 29 heavy (non-hydrogen) atoms. The fourth-order valence-corrected chi connectivity index (χ4v) is 3.45. The van der Waals surface area contributed by atoms with Gasteiger partial charge in [-0.3, -0.25) is 14.5 Å². The van der Waals surface area contributed by atoms with Crippen molar-refractivity contribution < 1.29 is 9.59 Å². The molecule has 1 fully saturated rings. The molecule has 0 spiro atoms. The number of nitrogens with zero attached hydrogens (tertiary/aromatic N) is 3. The molecule has 0 aliphatic carbocycles. The fraction of sp³-hybridized carbons (Fsp3) is 0.286. The van der Waals surface area contributed by atoms with E-state index in [-0.39, 0.29) is 18.4 Å². The summed E-state index contributed by atoms with van der Waals surface area (Å²) in [5.74, 6) is -0.154. The molecule has 3 rings (SSSR count). The first-order valence-corrected chi connectivity index (χ1v) is 9.94. The van der Waals surface area contributed by atoms with Crippen molar-refractivity contribution in [3.63, 3.8) is 0 Å². The average molecular weight is 431 g/mol. The van der Waals surface area contributed by atoms with E-state index in [4.69, 9.17) is 28.5 Å². The van der Waals surface area contributed by atoms with Crippen molar-refractivity contribution in [2.24, 2.45) is 0 Å². The van der Waals surface area contributed by atoms with E-state index in [2.05, 4.69) is 5.32 Å². The van der Waals surface area contributed by atoms with Crippen LogP contribution in [0.1, 0.15) is 11.1 Å². The number of piperazine rings is 1. The van der Waals surface area contributed by atoms with Gasteiger partial charge in [-0.25, -0.2) is 0 Å². The molecule has 1 heterocycles. The van der Waals surface area contributed by atoms with Gasteiger partial charge in [0, 0.05) is 36.2 Å². The molecular weight excluding hydrogens is 411 g/mol. The molecular formula is C21H20Cl2N4O2. The Balaban J connectivity index is 1.47. The summed E-state index contributed by atoms with van der Waals surface area (Å²) < 4.78 is 0. The van der Waals surface area contributed by atoms with Gasteiger partial charge < -0.3 is 10.2 Å². The van der Waals surface area contributed by atoms with Crippen LogP contribution < -0.4 is 5.32 Å². The molecule has 150 valence electrons. The number of rotatable bonds is 5. The van der Waals surface area contributed by atoms with Crippen molar-refractivity contribution >= 4 is 40.7 Å². The number of nitriles is 1. The van der Waals surface area contributed by atoms with E-state index in [0.717, 1.165) is 5.56 Å². The number of anilines is 1. The Kier molecular flexibility index (Phi) is 7.10. The number of halogens is 2. The second-order valence-corrected chi connectivity index (χ2v) is 7.68. The molecule has 0 aromatic heterocycles. The van der Waals surface area contributed by atoms with E-state index in [9.17, 15) is 9.59 Å². The first-order valence-electron chi connectivity index (χ1n) is 9.18. The zero-order chi connectivity index (χ0) is 20.8. The molecule has 0 atom stereocenters. The van der Waals surface area contributed by atoms with Crippen LogP contribution in [0, 0.1) is 11.3 Å². The SMILES string of the molecule is N#Cc1ccc(Cl)cc1NC(=O)CN1CCN(C(=O)Cc2ccc(Cl)cc2)CC1. The summed E-state index contributed by atoms with van der Waals surface area (Å²) in [6, 6.07) is 14.0. The minimum atomic E-state index is -0.218. The van der Waals surface area contributed by atoms with Crippen LogP contribution in [0.15, 0.2) is 42.5 Å². The second-order valence-electron chi connectivity index (χ2n) is 6.81. The molecule has 1 saturated heterocycles. The van der Waals surface area contributed by atoms with Crippen LogP contribution in [0.5, 0.6) is 0 Å². The standard InChI is InChI=1S/C21H20Cl2N4O2/c22-17-4-1-15(2-5-17)11-21(29)27-9-7-26(8-10-27)14-20(28)25-19-12-18(23)6-3-16(19)13-24/h1-6,12H,7-11,14H2,(H,25,28). The third-order valence-corrected chi connectivity index (χ3v) is 5.22. The Morgan fingerprint density at radius 1 is 1.00 bits per heavy atom. The Morgan fingerprint density at radius 3 is 2.31 bits per heavy atom. The summed E-state index contributed by atoms with van der Waals surface area (Å²) in [4.78, 5) is 28.6. The molecule has 0 bridgehead atoms. The molecule has 1 aliphatic heterocycles. The number of nitrogens with one attached hydrogen (secondary N) is 1.